The van der Waals surface area contributed by atoms with Gasteiger partial charge in [-0.2, -0.15) is 0 Å². The molecule has 0 radical (unpaired) electrons. The molecule has 3 aromatic heterocycles. The largest absolute Gasteiger partial charge is 0.463 e. The predicted octanol–water partition coefficient (Wildman–Crippen LogP) is 5.84. The van der Waals surface area contributed by atoms with Crippen molar-refractivity contribution in [2.75, 3.05) is 6.61 Å². The van der Waals surface area contributed by atoms with Crippen molar-refractivity contribution in [1.29, 1.82) is 0 Å². The number of esters is 1. The number of carbonyl (C=O) groups is 2. The number of fused-ring (bicyclic) bond motifs is 1. The van der Waals surface area contributed by atoms with Crippen molar-refractivity contribution in [2.45, 2.75) is 0 Å². The second kappa shape index (κ2) is 8.72. The van der Waals surface area contributed by atoms with Crippen molar-refractivity contribution in [3.63, 3.8) is 0 Å². The second-order valence-corrected chi connectivity index (χ2v) is 7.52. The van der Waals surface area contributed by atoms with Gasteiger partial charge in [0.1, 0.15) is 11.4 Å². The molecule has 0 saturated carbocycles. The molecule has 5 aromatic rings. The minimum Gasteiger partial charge on any atom is -0.463 e. The molecule has 3 heterocycles. The Morgan fingerprint density at radius 1 is 0.788 bits per heavy atom. The van der Waals surface area contributed by atoms with Gasteiger partial charge in [0.2, 0.25) is 0 Å². The molecule has 0 N–H and O–H groups in total. The summed E-state index contributed by atoms with van der Waals surface area (Å²) in [4.78, 5) is 34.2. The van der Waals surface area contributed by atoms with Crippen LogP contribution in [-0.4, -0.2) is 28.3 Å². The average Bonchev–Trinajstić information content (AvgIpc) is 3.56. The molecule has 0 bridgehead atoms. The molecule has 2 aromatic carbocycles. The molecule has 0 spiro atoms. The van der Waals surface area contributed by atoms with Crippen molar-refractivity contribution >= 4 is 34.4 Å². The smallest absolute Gasteiger partial charge is 0.338 e. The van der Waals surface area contributed by atoms with Gasteiger partial charge in [0.05, 0.1) is 29.1 Å². The lowest BCUT2D eigenvalue weighted by molar-refractivity contribution is 0.0475. The molecule has 0 aliphatic heterocycles. The van der Waals surface area contributed by atoms with Crippen molar-refractivity contribution < 1.29 is 23.2 Å². The second-order valence-electron chi connectivity index (χ2n) is 7.09. The van der Waals surface area contributed by atoms with Gasteiger partial charge in [0.15, 0.2) is 23.9 Å². The van der Waals surface area contributed by atoms with Crippen LogP contribution in [0.2, 0.25) is 5.02 Å². The lowest BCUT2D eigenvalue weighted by Gasteiger charge is -2.08. The summed E-state index contributed by atoms with van der Waals surface area (Å²) in [5.74, 6) is 0.0804. The van der Waals surface area contributed by atoms with E-state index in [-0.39, 0.29) is 18.0 Å². The fraction of sp³-hybridized carbons (Fsp3) is 0.0400. The first-order valence-corrected chi connectivity index (χ1v) is 10.3. The maximum Gasteiger partial charge on any atom is 0.338 e. The van der Waals surface area contributed by atoms with Crippen LogP contribution < -0.4 is 0 Å². The van der Waals surface area contributed by atoms with Crippen LogP contribution in [0.4, 0.5) is 0 Å². The third kappa shape index (κ3) is 4.26. The molecule has 5 rings (SSSR count). The predicted molar refractivity (Wildman–Crippen MR) is 121 cm³/mol. The number of carbonyl (C=O) groups excluding carboxylic acids is 2. The number of nitrogens with zero attached hydrogens (tertiary/aromatic N) is 2. The topological polar surface area (TPSA) is 95.4 Å². The fourth-order valence-corrected chi connectivity index (χ4v) is 3.41. The monoisotopic (exact) mass is 458 g/mol. The minimum atomic E-state index is -0.643. The highest BCUT2D eigenvalue weighted by Crippen LogP contribution is 2.31. The Hall–Kier alpha value is -4.23. The molecule has 8 heteroatoms. The molecule has 0 fully saturated rings. The van der Waals surface area contributed by atoms with E-state index in [0.717, 1.165) is 0 Å². The number of halogens is 1. The first kappa shape index (κ1) is 20.7. The third-order valence-electron chi connectivity index (χ3n) is 4.91. The summed E-state index contributed by atoms with van der Waals surface area (Å²) in [5, 5.41) is 0.518. The molecule has 33 heavy (non-hydrogen) atoms. The number of Topliss-reactive ketones (excluding diaryl/α,β-unsaturated/α-hetero) is 1. The van der Waals surface area contributed by atoms with Crippen LogP contribution in [0, 0.1) is 0 Å². The van der Waals surface area contributed by atoms with E-state index < -0.39 is 5.97 Å². The fourth-order valence-electron chi connectivity index (χ4n) is 3.29. The normalized spacial score (nSPS) is 10.9. The number of hydrogen-bond donors (Lipinski definition) is 0. The van der Waals surface area contributed by atoms with Gasteiger partial charge in [-0.15, -0.1) is 0 Å². The van der Waals surface area contributed by atoms with Crippen LogP contribution in [0.3, 0.4) is 0 Å². The Morgan fingerprint density at radius 3 is 2.00 bits per heavy atom. The SMILES string of the molecule is O=C(COC(=O)c1ccc2nc(-c3ccco3)c(-c3ccco3)nc2c1)c1ccc(Cl)cc1. The Morgan fingerprint density at radius 2 is 1.39 bits per heavy atom. The van der Waals surface area contributed by atoms with Crippen molar-refractivity contribution in [3.05, 3.63) is 95.4 Å². The first-order chi connectivity index (χ1) is 16.1. The Bertz CT molecular complexity index is 1440. The summed E-state index contributed by atoms with van der Waals surface area (Å²) >= 11 is 5.84. The first-order valence-electron chi connectivity index (χ1n) is 9.94. The highest BCUT2D eigenvalue weighted by molar-refractivity contribution is 6.30. The van der Waals surface area contributed by atoms with E-state index in [1.807, 2.05) is 0 Å². The van der Waals surface area contributed by atoms with Crippen molar-refractivity contribution in [2.24, 2.45) is 0 Å². The van der Waals surface area contributed by atoms with E-state index in [4.69, 9.17) is 25.2 Å². The quantitative estimate of drug-likeness (QED) is 0.233. The van der Waals surface area contributed by atoms with E-state index in [2.05, 4.69) is 9.97 Å². The van der Waals surface area contributed by atoms with Crippen molar-refractivity contribution in [1.82, 2.24) is 9.97 Å². The van der Waals surface area contributed by atoms with Gasteiger partial charge >= 0.3 is 5.97 Å². The number of ether oxygens (including phenoxy) is 1. The van der Waals surface area contributed by atoms with Gasteiger partial charge in [-0.3, -0.25) is 4.79 Å². The Balaban J connectivity index is 1.43. The highest BCUT2D eigenvalue weighted by Gasteiger charge is 2.19. The molecule has 0 amide bonds. The third-order valence-corrected chi connectivity index (χ3v) is 5.16. The van der Waals surface area contributed by atoms with Gasteiger partial charge in [-0.05, 0) is 66.7 Å². The number of hydrogen-bond acceptors (Lipinski definition) is 7. The van der Waals surface area contributed by atoms with Crippen LogP contribution >= 0.6 is 11.6 Å². The number of benzene rings is 2. The molecule has 0 aliphatic rings. The van der Waals surface area contributed by atoms with E-state index >= 15 is 0 Å². The number of furan rings is 2. The zero-order chi connectivity index (χ0) is 22.8. The number of aromatic nitrogens is 2. The molecular weight excluding hydrogens is 444 g/mol. The van der Waals surface area contributed by atoms with E-state index in [1.165, 1.54) is 0 Å². The highest BCUT2D eigenvalue weighted by atomic mass is 35.5. The maximum atomic E-state index is 12.6. The van der Waals surface area contributed by atoms with Crippen LogP contribution in [0.5, 0.6) is 0 Å². The van der Waals surface area contributed by atoms with Crippen LogP contribution in [-0.2, 0) is 4.74 Å². The lowest BCUT2D eigenvalue weighted by Crippen LogP contribution is -2.14. The minimum absolute atomic E-state index is 0.247. The van der Waals surface area contributed by atoms with E-state index in [1.54, 1.807) is 79.3 Å². The summed E-state index contributed by atoms with van der Waals surface area (Å²) in [6.45, 7) is -0.390. The summed E-state index contributed by atoms with van der Waals surface area (Å²) in [6.07, 6.45) is 3.09. The summed E-state index contributed by atoms with van der Waals surface area (Å²) < 4.78 is 16.2. The van der Waals surface area contributed by atoms with Gasteiger partial charge in [0.25, 0.3) is 0 Å². The lowest BCUT2D eigenvalue weighted by atomic mass is 10.1. The standard InChI is InChI=1S/C25H15ClN2O5/c26-17-8-5-15(6-9-17)20(29)14-33-25(30)16-7-10-18-19(13-16)28-24(22-4-2-12-32-22)23(27-18)21-3-1-11-31-21/h1-13H,14H2. The van der Waals surface area contributed by atoms with Crippen LogP contribution in [0.25, 0.3) is 33.9 Å². The molecule has 162 valence electrons. The molecule has 0 atom stereocenters. The molecule has 0 unspecified atom stereocenters. The van der Waals surface area contributed by atoms with Crippen LogP contribution in [0.15, 0.2) is 88.1 Å². The Labute approximate surface area is 192 Å². The van der Waals surface area contributed by atoms with Gasteiger partial charge in [-0.25, -0.2) is 14.8 Å². The van der Waals surface area contributed by atoms with E-state index in [9.17, 15) is 9.59 Å². The molecule has 7 nitrogen and oxygen atoms in total. The van der Waals surface area contributed by atoms with Crippen LogP contribution in [0.1, 0.15) is 20.7 Å². The maximum absolute atomic E-state index is 12.6. The molecule has 0 saturated heterocycles. The zero-order valence-electron chi connectivity index (χ0n) is 17.0. The average molecular weight is 459 g/mol. The molecular formula is C25H15ClN2O5. The molecule has 0 aliphatic carbocycles. The van der Waals surface area contributed by atoms with Gasteiger partial charge < -0.3 is 13.6 Å². The van der Waals surface area contributed by atoms with Gasteiger partial charge in [0, 0.05) is 10.6 Å². The summed E-state index contributed by atoms with van der Waals surface area (Å²) in [5.41, 5.74) is 2.68. The summed E-state index contributed by atoms with van der Waals surface area (Å²) in [6, 6.07) is 18.2. The number of rotatable bonds is 6. The Kier molecular flexibility index (Phi) is 5.46. The zero-order valence-corrected chi connectivity index (χ0v) is 17.8. The van der Waals surface area contributed by atoms with Gasteiger partial charge in [-0.1, -0.05) is 11.6 Å². The van der Waals surface area contributed by atoms with Crippen molar-refractivity contribution in [3.8, 4) is 22.9 Å². The van der Waals surface area contributed by atoms with E-state index in [0.29, 0.717) is 44.5 Å². The summed E-state index contributed by atoms with van der Waals surface area (Å²) in [7, 11) is 0. The number of ketones is 1.